The standard InChI is InChI=1S/C14H30O4Si2/c1-19(2,3)17-13(15)11-9-7-8-10-12-14(16)18-20(4,5)6/h7-12H2,1-6H3. The van der Waals surface area contributed by atoms with Crippen LogP contribution in [0.1, 0.15) is 38.5 Å². The monoisotopic (exact) mass is 318 g/mol. The molecule has 4 nitrogen and oxygen atoms in total. The second kappa shape index (κ2) is 8.61. The number of carbonyl (C=O) groups excluding carboxylic acids is 2. The van der Waals surface area contributed by atoms with E-state index in [0.717, 1.165) is 25.7 Å². The molecule has 0 bridgehead atoms. The molecule has 0 rings (SSSR count). The van der Waals surface area contributed by atoms with Gasteiger partial charge >= 0.3 is 0 Å². The van der Waals surface area contributed by atoms with E-state index in [9.17, 15) is 9.59 Å². The zero-order valence-electron chi connectivity index (χ0n) is 13.9. The Morgan fingerprint density at radius 3 is 1.20 bits per heavy atom. The highest BCUT2D eigenvalue weighted by molar-refractivity contribution is 6.71. The lowest BCUT2D eigenvalue weighted by molar-refractivity contribution is -0.136. The molecule has 0 aromatic rings. The maximum absolute atomic E-state index is 11.5. The Labute approximate surface area is 125 Å². The van der Waals surface area contributed by atoms with Crippen molar-refractivity contribution in [1.82, 2.24) is 0 Å². The van der Waals surface area contributed by atoms with Crippen LogP contribution in [0.3, 0.4) is 0 Å². The van der Waals surface area contributed by atoms with Crippen molar-refractivity contribution in [2.75, 3.05) is 0 Å². The maximum Gasteiger partial charge on any atom is 0.292 e. The first-order valence-corrected chi connectivity index (χ1v) is 14.2. The van der Waals surface area contributed by atoms with E-state index in [0.29, 0.717) is 12.8 Å². The molecule has 0 heterocycles. The molecule has 0 amide bonds. The van der Waals surface area contributed by atoms with Crippen LogP contribution in [0.2, 0.25) is 39.3 Å². The van der Waals surface area contributed by atoms with Crippen LogP contribution < -0.4 is 0 Å². The molecule has 20 heavy (non-hydrogen) atoms. The first kappa shape index (κ1) is 19.4. The topological polar surface area (TPSA) is 52.6 Å². The minimum atomic E-state index is -1.74. The van der Waals surface area contributed by atoms with Crippen molar-refractivity contribution in [3.05, 3.63) is 0 Å². The first-order chi connectivity index (χ1) is 8.99. The van der Waals surface area contributed by atoms with E-state index in [1.54, 1.807) is 0 Å². The normalized spacial score (nSPS) is 12.1. The number of rotatable bonds is 9. The number of carbonyl (C=O) groups is 2. The lowest BCUT2D eigenvalue weighted by Gasteiger charge is -2.17. The van der Waals surface area contributed by atoms with Gasteiger partial charge in [-0.05, 0) is 52.1 Å². The molecule has 0 aliphatic carbocycles. The van der Waals surface area contributed by atoms with E-state index >= 15 is 0 Å². The van der Waals surface area contributed by atoms with Crippen LogP contribution in [0.25, 0.3) is 0 Å². The number of hydrogen-bond acceptors (Lipinski definition) is 4. The quantitative estimate of drug-likeness (QED) is 0.475. The summed E-state index contributed by atoms with van der Waals surface area (Å²) in [5.41, 5.74) is 0. The van der Waals surface area contributed by atoms with E-state index < -0.39 is 16.6 Å². The second-order valence-corrected chi connectivity index (χ2v) is 15.9. The molecule has 0 unspecified atom stereocenters. The van der Waals surface area contributed by atoms with Gasteiger partial charge in [-0.1, -0.05) is 12.8 Å². The van der Waals surface area contributed by atoms with Gasteiger partial charge in [-0.15, -0.1) is 0 Å². The van der Waals surface area contributed by atoms with E-state index in [2.05, 4.69) is 0 Å². The lowest BCUT2D eigenvalue weighted by Crippen LogP contribution is -2.29. The van der Waals surface area contributed by atoms with Gasteiger partial charge in [0, 0.05) is 12.8 Å². The molecule has 0 aromatic carbocycles. The minimum Gasteiger partial charge on any atom is -0.520 e. The van der Waals surface area contributed by atoms with E-state index in [-0.39, 0.29) is 11.9 Å². The molecule has 0 aliphatic rings. The predicted molar refractivity (Wildman–Crippen MR) is 86.6 cm³/mol. The second-order valence-electron chi connectivity index (χ2n) is 7.09. The van der Waals surface area contributed by atoms with Crippen LogP contribution >= 0.6 is 0 Å². The molecule has 0 atom stereocenters. The average Bonchev–Trinajstić information content (AvgIpc) is 2.17. The van der Waals surface area contributed by atoms with Crippen molar-refractivity contribution < 1.29 is 18.4 Å². The lowest BCUT2D eigenvalue weighted by atomic mass is 10.1. The molecule has 0 spiro atoms. The van der Waals surface area contributed by atoms with Crippen LogP contribution in [0.15, 0.2) is 0 Å². The van der Waals surface area contributed by atoms with Gasteiger partial charge in [-0.3, -0.25) is 9.59 Å². The van der Waals surface area contributed by atoms with Gasteiger partial charge in [0.15, 0.2) is 0 Å². The van der Waals surface area contributed by atoms with E-state index in [1.807, 2.05) is 39.3 Å². The van der Waals surface area contributed by atoms with Crippen molar-refractivity contribution in [1.29, 1.82) is 0 Å². The minimum absolute atomic E-state index is 0.0812. The SMILES string of the molecule is C[Si](C)(C)OC(=O)CCCCCCC(=O)O[Si](C)(C)C. The van der Waals surface area contributed by atoms with Gasteiger partial charge in [-0.2, -0.15) is 0 Å². The molecule has 0 saturated carbocycles. The highest BCUT2D eigenvalue weighted by Crippen LogP contribution is 2.11. The van der Waals surface area contributed by atoms with Crippen LogP contribution in [0.5, 0.6) is 0 Å². The molecule has 0 radical (unpaired) electrons. The van der Waals surface area contributed by atoms with Gasteiger partial charge in [0.1, 0.15) is 0 Å². The molecule has 0 saturated heterocycles. The molecular formula is C14H30O4Si2. The van der Waals surface area contributed by atoms with Crippen LogP contribution in [-0.2, 0) is 18.4 Å². The third-order valence-electron chi connectivity index (χ3n) is 2.35. The summed E-state index contributed by atoms with van der Waals surface area (Å²) in [6, 6.07) is 0. The number of hydrogen-bond donors (Lipinski definition) is 0. The summed E-state index contributed by atoms with van der Waals surface area (Å²) in [5.74, 6) is -0.162. The highest BCUT2D eigenvalue weighted by Gasteiger charge is 2.20. The van der Waals surface area contributed by atoms with Gasteiger partial charge in [0.25, 0.3) is 11.9 Å². The fraction of sp³-hybridized carbons (Fsp3) is 0.857. The summed E-state index contributed by atoms with van der Waals surface area (Å²) in [6.07, 6.45) is 4.58. The number of unbranched alkanes of at least 4 members (excludes halogenated alkanes) is 3. The van der Waals surface area contributed by atoms with E-state index in [1.165, 1.54) is 0 Å². The third kappa shape index (κ3) is 13.8. The first-order valence-electron chi connectivity index (χ1n) is 7.43. The largest absolute Gasteiger partial charge is 0.520 e. The Morgan fingerprint density at radius 1 is 0.650 bits per heavy atom. The molecule has 0 aliphatic heterocycles. The zero-order valence-corrected chi connectivity index (χ0v) is 15.9. The highest BCUT2D eigenvalue weighted by atomic mass is 28.4. The van der Waals surface area contributed by atoms with Gasteiger partial charge < -0.3 is 8.85 Å². The van der Waals surface area contributed by atoms with Gasteiger partial charge in [-0.25, -0.2) is 0 Å². The summed E-state index contributed by atoms with van der Waals surface area (Å²) in [6.45, 7) is 12.1. The van der Waals surface area contributed by atoms with Crippen molar-refractivity contribution in [3.8, 4) is 0 Å². The molecule has 118 valence electrons. The summed E-state index contributed by atoms with van der Waals surface area (Å²) < 4.78 is 10.7. The molecular weight excluding hydrogens is 288 g/mol. The summed E-state index contributed by atoms with van der Waals surface area (Å²) >= 11 is 0. The fourth-order valence-corrected chi connectivity index (χ4v) is 3.25. The maximum atomic E-state index is 11.5. The Kier molecular flexibility index (Phi) is 8.34. The van der Waals surface area contributed by atoms with Gasteiger partial charge in [0.05, 0.1) is 0 Å². The van der Waals surface area contributed by atoms with Crippen LogP contribution in [-0.4, -0.2) is 28.6 Å². The smallest absolute Gasteiger partial charge is 0.292 e. The summed E-state index contributed by atoms with van der Waals surface area (Å²) in [4.78, 5) is 23.0. The summed E-state index contributed by atoms with van der Waals surface area (Å²) in [7, 11) is -3.48. The average molecular weight is 319 g/mol. The summed E-state index contributed by atoms with van der Waals surface area (Å²) in [5, 5.41) is 0. The molecule has 0 aromatic heterocycles. The van der Waals surface area contributed by atoms with Crippen molar-refractivity contribution in [3.63, 3.8) is 0 Å². The fourth-order valence-electron chi connectivity index (χ4n) is 1.68. The predicted octanol–water partition coefficient (Wildman–Crippen LogP) is 4.08. The van der Waals surface area contributed by atoms with Crippen LogP contribution in [0, 0.1) is 0 Å². The Bertz CT molecular complexity index is 284. The molecule has 0 fully saturated rings. The van der Waals surface area contributed by atoms with Crippen LogP contribution in [0.4, 0.5) is 0 Å². The third-order valence-corrected chi connectivity index (χ3v) is 4.03. The molecule has 6 heteroatoms. The van der Waals surface area contributed by atoms with Gasteiger partial charge in [0.2, 0.25) is 16.6 Å². The Hall–Kier alpha value is -0.626. The molecule has 0 N–H and O–H groups in total. The Morgan fingerprint density at radius 2 is 0.950 bits per heavy atom. The zero-order chi connectivity index (χ0) is 15.8. The van der Waals surface area contributed by atoms with Crippen molar-refractivity contribution >= 4 is 28.6 Å². The van der Waals surface area contributed by atoms with Crippen molar-refractivity contribution in [2.24, 2.45) is 0 Å². The van der Waals surface area contributed by atoms with E-state index in [4.69, 9.17) is 8.85 Å². The Balaban J connectivity index is 3.54. The van der Waals surface area contributed by atoms with Crippen molar-refractivity contribution in [2.45, 2.75) is 77.8 Å².